The first kappa shape index (κ1) is 36.8. The van der Waals surface area contributed by atoms with E-state index in [4.69, 9.17) is 19.4 Å². The molecule has 306 valence electrons. The molecule has 0 unspecified atom stereocenters. The number of aliphatic imine (C=N–C) groups is 2. The van der Waals surface area contributed by atoms with Crippen LogP contribution in [0.2, 0.25) is 0 Å². The van der Waals surface area contributed by atoms with Gasteiger partial charge in [0.05, 0.1) is 22.1 Å². The summed E-state index contributed by atoms with van der Waals surface area (Å²) < 4.78 is 11.2. The number of benzene rings is 9. The molecule has 7 nitrogen and oxygen atoms in total. The van der Waals surface area contributed by atoms with Gasteiger partial charge in [0.1, 0.15) is 28.7 Å². The minimum absolute atomic E-state index is 0.492. The Labute approximate surface area is 373 Å². The fourth-order valence-corrected chi connectivity index (χ4v) is 9.60. The summed E-state index contributed by atoms with van der Waals surface area (Å²) in [5.41, 5.74) is 14.3. The van der Waals surface area contributed by atoms with Crippen LogP contribution in [0.5, 0.6) is 0 Å². The number of amidine groups is 2. The molecule has 65 heavy (non-hydrogen) atoms. The molecule has 0 bridgehead atoms. The lowest BCUT2D eigenvalue weighted by Crippen LogP contribution is -2.36. The number of hydrogen-bond acceptors (Lipinski definition) is 5. The Balaban J connectivity index is 0.933. The highest BCUT2D eigenvalue weighted by Gasteiger charge is 2.25. The SMILES string of the molecule is c1ccc(C2=NC(c3cccc4oc5ccc(-c6ccc7c(c6)c6ccccc6n7-c6cccc(-c7nc8ccccc8n7-c7ccccc7)c6)cc5c34)N=C(c3ccccc3)N2)cc1. The second-order valence-electron chi connectivity index (χ2n) is 16.4. The van der Waals surface area contributed by atoms with Crippen molar-refractivity contribution < 1.29 is 4.42 Å². The average molecular weight is 835 g/mol. The molecule has 0 fully saturated rings. The summed E-state index contributed by atoms with van der Waals surface area (Å²) in [4.78, 5) is 15.6. The van der Waals surface area contributed by atoms with Crippen LogP contribution in [-0.2, 0) is 0 Å². The van der Waals surface area contributed by atoms with Crippen molar-refractivity contribution in [2.45, 2.75) is 6.17 Å². The normalized spacial score (nSPS) is 13.2. The monoisotopic (exact) mass is 834 g/mol. The lowest BCUT2D eigenvalue weighted by Gasteiger charge is -2.22. The first-order chi connectivity index (χ1) is 32.2. The van der Waals surface area contributed by atoms with Gasteiger partial charge in [-0.25, -0.2) is 15.0 Å². The number of furan rings is 1. The van der Waals surface area contributed by atoms with Crippen LogP contribution in [0.3, 0.4) is 0 Å². The van der Waals surface area contributed by atoms with Crippen LogP contribution in [0.1, 0.15) is 22.9 Å². The van der Waals surface area contributed by atoms with E-state index in [-0.39, 0.29) is 0 Å². The van der Waals surface area contributed by atoms with Gasteiger partial charge in [0.2, 0.25) is 0 Å². The summed E-state index contributed by atoms with van der Waals surface area (Å²) in [6.45, 7) is 0. The summed E-state index contributed by atoms with van der Waals surface area (Å²) in [6.07, 6.45) is -0.492. The lowest BCUT2D eigenvalue weighted by molar-refractivity contribution is 0.667. The van der Waals surface area contributed by atoms with Crippen molar-refractivity contribution in [1.82, 2.24) is 19.4 Å². The van der Waals surface area contributed by atoms with Gasteiger partial charge < -0.3 is 14.3 Å². The maximum absolute atomic E-state index is 6.55. The van der Waals surface area contributed by atoms with Gasteiger partial charge in [0.25, 0.3) is 0 Å². The van der Waals surface area contributed by atoms with E-state index in [1.54, 1.807) is 0 Å². The third-order valence-electron chi connectivity index (χ3n) is 12.6. The Morgan fingerprint density at radius 1 is 0.400 bits per heavy atom. The standard InChI is InChI=1S/C58H38N6O/c1-4-16-37(17-5-1)55-60-56(38-18-6-2-7-19-38)62-57(61-55)45-25-15-29-53-54(45)47-36-40(31-33-52(47)65-53)39-30-32-50-46(35-39)44-24-10-12-27-49(44)63(50)43-23-14-20-41(34-43)58-59-48-26-11-13-28-51(48)64(58)42-21-8-3-9-22-42/h1-36,57H,(H,60,61,62). The van der Waals surface area contributed by atoms with E-state index in [0.29, 0.717) is 0 Å². The van der Waals surface area contributed by atoms with Crippen molar-refractivity contribution in [3.8, 4) is 33.9 Å². The first-order valence-electron chi connectivity index (χ1n) is 21.9. The third-order valence-corrected chi connectivity index (χ3v) is 12.6. The molecule has 0 atom stereocenters. The van der Waals surface area contributed by atoms with Crippen LogP contribution in [-0.4, -0.2) is 25.8 Å². The number of rotatable bonds is 7. The van der Waals surface area contributed by atoms with Gasteiger partial charge in [-0.3, -0.25) is 4.57 Å². The fourth-order valence-electron chi connectivity index (χ4n) is 9.60. The molecule has 12 aromatic rings. The second kappa shape index (κ2) is 14.9. The van der Waals surface area contributed by atoms with Gasteiger partial charge in [-0.1, -0.05) is 146 Å². The molecule has 0 radical (unpaired) electrons. The molecule has 9 aromatic carbocycles. The Morgan fingerprint density at radius 2 is 1.00 bits per heavy atom. The highest BCUT2D eigenvalue weighted by molar-refractivity contribution is 6.17. The maximum Gasteiger partial charge on any atom is 0.170 e. The average Bonchev–Trinajstić information content (AvgIpc) is 4.07. The molecule has 0 saturated carbocycles. The number of aromatic nitrogens is 3. The second-order valence-corrected chi connectivity index (χ2v) is 16.4. The van der Waals surface area contributed by atoms with E-state index in [1.165, 1.54) is 10.8 Å². The Hall–Kier alpha value is -8.81. The molecule has 0 amide bonds. The number of nitrogens with zero attached hydrogens (tertiary/aromatic N) is 5. The van der Waals surface area contributed by atoms with Gasteiger partial charge >= 0.3 is 0 Å². The van der Waals surface area contributed by atoms with Crippen molar-refractivity contribution in [3.05, 3.63) is 235 Å². The Bertz CT molecular complexity index is 3810. The summed E-state index contributed by atoms with van der Waals surface area (Å²) in [6, 6.07) is 76.3. The van der Waals surface area contributed by atoms with Crippen LogP contribution < -0.4 is 5.32 Å². The van der Waals surface area contributed by atoms with Crippen molar-refractivity contribution >= 4 is 66.4 Å². The van der Waals surface area contributed by atoms with Crippen LogP contribution in [0.15, 0.2) is 233 Å². The van der Waals surface area contributed by atoms with Crippen molar-refractivity contribution in [1.29, 1.82) is 0 Å². The van der Waals surface area contributed by atoms with Crippen molar-refractivity contribution in [3.63, 3.8) is 0 Å². The van der Waals surface area contributed by atoms with E-state index in [2.05, 4.69) is 172 Å². The molecule has 7 heteroatoms. The number of nitrogens with one attached hydrogen (secondary N) is 1. The molecular weight excluding hydrogens is 797 g/mol. The highest BCUT2D eigenvalue weighted by Crippen LogP contribution is 2.41. The Morgan fingerprint density at radius 3 is 1.77 bits per heavy atom. The molecule has 0 spiro atoms. The van der Waals surface area contributed by atoms with Crippen LogP contribution in [0, 0.1) is 0 Å². The summed E-state index contributed by atoms with van der Waals surface area (Å²) in [5, 5.41) is 7.94. The zero-order valence-electron chi connectivity index (χ0n) is 35.0. The topological polar surface area (TPSA) is 72.6 Å². The van der Waals surface area contributed by atoms with Crippen molar-refractivity contribution in [2.75, 3.05) is 0 Å². The van der Waals surface area contributed by atoms with Crippen LogP contribution in [0.25, 0.3) is 88.7 Å². The van der Waals surface area contributed by atoms with E-state index in [1.807, 2.05) is 60.7 Å². The predicted octanol–water partition coefficient (Wildman–Crippen LogP) is 13.9. The zero-order chi connectivity index (χ0) is 42.8. The minimum atomic E-state index is -0.492. The number of fused-ring (bicyclic) bond motifs is 7. The molecule has 0 aliphatic carbocycles. The quantitative estimate of drug-likeness (QED) is 0.174. The summed E-state index contributed by atoms with van der Waals surface area (Å²) >= 11 is 0. The van der Waals surface area contributed by atoms with Crippen LogP contribution in [0.4, 0.5) is 0 Å². The minimum Gasteiger partial charge on any atom is -0.456 e. The molecule has 0 saturated heterocycles. The lowest BCUT2D eigenvalue weighted by atomic mass is 9.98. The molecule has 1 N–H and O–H groups in total. The zero-order valence-corrected chi connectivity index (χ0v) is 35.0. The van der Waals surface area contributed by atoms with E-state index in [0.717, 1.165) is 106 Å². The summed E-state index contributed by atoms with van der Waals surface area (Å²) in [5.74, 6) is 2.46. The van der Waals surface area contributed by atoms with Gasteiger partial charge in [-0.2, -0.15) is 0 Å². The molecule has 4 heterocycles. The van der Waals surface area contributed by atoms with Gasteiger partial charge in [-0.15, -0.1) is 0 Å². The summed E-state index contributed by atoms with van der Waals surface area (Å²) in [7, 11) is 0. The first-order valence-corrected chi connectivity index (χ1v) is 21.9. The van der Waals surface area contributed by atoms with Gasteiger partial charge in [0, 0.05) is 55.2 Å². The predicted molar refractivity (Wildman–Crippen MR) is 265 cm³/mol. The van der Waals surface area contributed by atoms with E-state index < -0.39 is 6.17 Å². The van der Waals surface area contributed by atoms with Gasteiger partial charge in [0.15, 0.2) is 6.17 Å². The van der Waals surface area contributed by atoms with E-state index in [9.17, 15) is 0 Å². The molecule has 13 rings (SSSR count). The smallest absolute Gasteiger partial charge is 0.170 e. The number of para-hydroxylation sites is 4. The highest BCUT2D eigenvalue weighted by atomic mass is 16.3. The fraction of sp³-hybridized carbons (Fsp3) is 0.0172. The largest absolute Gasteiger partial charge is 0.456 e. The maximum atomic E-state index is 6.55. The Kier molecular flexibility index (Phi) is 8.45. The molecular formula is C58H38N6O. The molecule has 1 aliphatic heterocycles. The molecule has 3 aromatic heterocycles. The number of hydrogen-bond donors (Lipinski definition) is 1. The molecule has 1 aliphatic rings. The van der Waals surface area contributed by atoms with E-state index >= 15 is 0 Å². The van der Waals surface area contributed by atoms with Crippen molar-refractivity contribution in [2.24, 2.45) is 9.98 Å². The van der Waals surface area contributed by atoms with Gasteiger partial charge in [-0.05, 0) is 83.9 Å². The third kappa shape index (κ3) is 6.16. The van der Waals surface area contributed by atoms with Crippen LogP contribution >= 0.6 is 0 Å². The number of imidazole rings is 1.